The lowest BCUT2D eigenvalue weighted by Gasteiger charge is -2.35. The predicted octanol–water partition coefficient (Wildman–Crippen LogP) is 3.48. The third-order valence-corrected chi connectivity index (χ3v) is 5.62. The summed E-state index contributed by atoms with van der Waals surface area (Å²) in [6, 6.07) is 9.34. The number of nitrogens with one attached hydrogen (secondary N) is 1. The molecule has 2 unspecified atom stereocenters. The lowest BCUT2D eigenvalue weighted by atomic mass is 10.0. The number of pyridine rings is 1. The van der Waals surface area contributed by atoms with Crippen LogP contribution in [0.5, 0.6) is 5.75 Å². The van der Waals surface area contributed by atoms with E-state index >= 15 is 0 Å². The Morgan fingerprint density at radius 3 is 2.53 bits per heavy atom. The molecule has 160 valence electrons. The highest BCUT2D eigenvalue weighted by molar-refractivity contribution is 9.10. The molecule has 0 spiro atoms. The Bertz CT molecular complexity index is 869. The van der Waals surface area contributed by atoms with E-state index in [4.69, 9.17) is 4.74 Å². The molecule has 1 aromatic heterocycles. The number of ether oxygens (including phenoxy) is 1. The summed E-state index contributed by atoms with van der Waals surface area (Å²) in [5.74, 6) is -0.559. The number of likely N-dealkylation sites (tertiary alicyclic amines) is 1. The lowest BCUT2D eigenvalue weighted by molar-refractivity contribution is -0.144. The summed E-state index contributed by atoms with van der Waals surface area (Å²) in [6.45, 7) is 3.63. The smallest absolute Gasteiger partial charge is 0.323 e. The average Bonchev–Trinajstić information content (AvgIpc) is 2.73. The number of benzene rings is 1. The van der Waals surface area contributed by atoms with Gasteiger partial charge in [0.25, 0.3) is 5.91 Å². The normalized spacial score (nSPS) is 16.5. The van der Waals surface area contributed by atoms with Crippen LogP contribution in [0, 0.1) is 0 Å². The zero-order chi connectivity index (χ0) is 21.5. The van der Waals surface area contributed by atoms with Gasteiger partial charge in [-0.1, -0.05) is 6.42 Å². The number of aliphatic carboxylic acids is 1. The molecule has 2 aromatic rings. The summed E-state index contributed by atoms with van der Waals surface area (Å²) >= 11 is 3.33. The van der Waals surface area contributed by atoms with Crippen LogP contribution in [0.25, 0.3) is 0 Å². The number of piperidine rings is 1. The third-order valence-electron chi connectivity index (χ3n) is 5.18. The molecule has 0 aliphatic carbocycles. The van der Waals surface area contributed by atoms with Crippen LogP contribution in [-0.2, 0) is 11.4 Å². The molecular formula is C22H26BrN3O4. The molecule has 1 aromatic carbocycles. The molecule has 1 aliphatic rings. The number of nitrogens with zero attached hydrogens (tertiary/aromatic N) is 2. The number of amides is 1. The Hall–Kier alpha value is -2.45. The molecule has 1 amide bonds. The summed E-state index contributed by atoms with van der Waals surface area (Å²) in [6.07, 6.45) is 4.80. The molecule has 7 nitrogen and oxygen atoms in total. The molecule has 3 rings (SSSR count). The van der Waals surface area contributed by atoms with E-state index in [9.17, 15) is 14.7 Å². The first kappa shape index (κ1) is 22.2. The first-order chi connectivity index (χ1) is 14.4. The Kier molecular flexibility index (Phi) is 7.81. The number of hydrogen-bond donors (Lipinski definition) is 2. The van der Waals surface area contributed by atoms with Crippen molar-refractivity contribution in [3.8, 4) is 5.75 Å². The van der Waals surface area contributed by atoms with Crippen molar-refractivity contribution in [2.75, 3.05) is 13.1 Å². The standard InChI is InChI=1S/C22H26BrN3O4/c1-15(20(22(28)29)26-11-3-2-4-12-26)25-21(27)17-5-7-18(8-6-17)30-14-16-9-10-24-19(23)13-16/h5-10,13,15,20H,2-4,11-12,14H2,1H3,(H,25,27)(H,28,29). The SMILES string of the molecule is CC(NC(=O)c1ccc(OCc2ccnc(Br)c2)cc1)C(C(=O)O)N1CCCCC1. The second-order valence-electron chi connectivity index (χ2n) is 7.44. The molecule has 2 N–H and O–H groups in total. The van der Waals surface area contributed by atoms with Crippen molar-refractivity contribution in [1.82, 2.24) is 15.2 Å². The average molecular weight is 476 g/mol. The zero-order valence-electron chi connectivity index (χ0n) is 16.9. The number of carbonyl (C=O) groups excluding carboxylic acids is 1. The van der Waals surface area contributed by atoms with Crippen LogP contribution in [0.4, 0.5) is 0 Å². The van der Waals surface area contributed by atoms with Crippen LogP contribution in [-0.4, -0.2) is 52.0 Å². The molecule has 2 heterocycles. The highest BCUT2D eigenvalue weighted by Crippen LogP contribution is 2.17. The lowest BCUT2D eigenvalue weighted by Crippen LogP contribution is -2.55. The minimum Gasteiger partial charge on any atom is -0.489 e. The highest BCUT2D eigenvalue weighted by atomic mass is 79.9. The fourth-order valence-electron chi connectivity index (χ4n) is 3.65. The van der Waals surface area contributed by atoms with Gasteiger partial charge in [-0.3, -0.25) is 14.5 Å². The van der Waals surface area contributed by atoms with Crippen LogP contribution in [0.3, 0.4) is 0 Å². The summed E-state index contributed by atoms with van der Waals surface area (Å²) in [5.41, 5.74) is 1.44. The molecule has 1 fully saturated rings. The van der Waals surface area contributed by atoms with Gasteiger partial charge >= 0.3 is 5.97 Å². The highest BCUT2D eigenvalue weighted by Gasteiger charge is 2.32. The van der Waals surface area contributed by atoms with Crippen molar-refractivity contribution in [1.29, 1.82) is 0 Å². The number of rotatable bonds is 8. The molecular weight excluding hydrogens is 450 g/mol. The zero-order valence-corrected chi connectivity index (χ0v) is 18.5. The van der Waals surface area contributed by atoms with Gasteiger partial charge in [0.15, 0.2) is 0 Å². The molecule has 0 saturated carbocycles. The van der Waals surface area contributed by atoms with E-state index in [-0.39, 0.29) is 5.91 Å². The number of hydrogen-bond acceptors (Lipinski definition) is 5. The summed E-state index contributed by atoms with van der Waals surface area (Å²) in [7, 11) is 0. The second kappa shape index (κ2) is 10.5. The van der Waals surface area contributed by atoms with E-state index in [0.29, 0.717) is 17.9 Å². The third kappa shape index (κ3) is 6.03. The van der Waals surface area contributed by atoms with E-state index in [1.54, 1.807) is 37.4 Å². The van der Waals surface area contributed by atoms with Crippen LogP contribution >= 0.6 is 15.9 Å². The monoisotopic (exact) mass is 475 g/mol. The van der Waals surface area contributed by atoms with Gasteiger partial charge < -0.3 is 15.2 Å². The van der Waals surface area contributed by atoms with E-state index in [1.165, 1.54) is 0 Å². The van der Waals surface area contributed by atoms with Gasteiger partial charge in [0.1, 0.15) is 23.0 Å². The van der Waals surface area contributed by atoms with Gasteiger partial charge in [0.05, 0.1) is 6.04 Å². The van der Waals surface area contributed by atoms with Crippen molar-refractivity contribution in [3.05, 3.63) is 58.3 Å². The van der Waals surface area contributed by atoms with Crippen LogP contribution in [0.2, 0.25) is 0 Å². The number of halogens is 1. The van der Waals surface area contributed by atoms with Gasteiger partial charge in [0.2, 0.25) is 0 Å². The van der Waals surface area contributed by atoms with Gasteiger partial charge in [-0.15, -0.1) is 0 Å². The Morgan fingerprint density at radius 1 is 1.20 bits per heavy atom. The molecule has 0 bridgehead atoms. The van der Waals surface area contributed by atoms with Crippen molar-refractivity contribution in [3.63, 3.8) is 0 Å². The number of carboxylic acids is 1. The quantitative estimate of drug-likeness (QED) is 0.567. The topological polar surface area (TPSA) is 91.8 Å². The largest absolute Gasteiger partial charge is 0.489 e. The fourth-order valence-corrected chi connectivity index (χ4v) is 4.07. The van der Waals surface area contributed by atoms with E-state index in [0.717, 1.165) is 42.5 Å². The fraction of sp³-hybridized carbons (Fsp3) is 0.409. The Morgan fingerprint density at radius 2 is 1.90 bits per heavy atom. The molecule has 1 aliphatic heterocycles. The van der Waals surface area contributed by atoms with E-state index in [1.807, 2.05) is 17.0 Å². The first-order valence-electron chi connectivity index (χ1n) is 10.0. The number of aromatic nitrogens is 1. The minimum atomic E-state index is -0.906. The minimum absolute atomic E-state index is 0.296. The predicted molar refractivity (Wildman–Crippen MR) is 116 cm³/mol. The maximum absolute atomic E-state index is 12.6. The van der Waals surface area contributed by atoms with Gasteiger partial charge in [-0.05, 0) is 90.7 Å². The van der Waals surface area contributed by atoms with E-state index < -0.39 is 18.1 Å². The summed E-state index contributed by atoms with van der Waals surface area (Å²) in [5, 5.41) is 12.5. The van der Waals surface area contributed by atoms with Gasteiger partial charge in [0, 0.05) is 11.8 Å². The molecule has 2 atom stereocenters. The van der Waals surface area contributed by atoms with Crippen molar-refractivity contribution in [2.24, 2.45) is 0 Å². The Balaban J connectivity index is 1.57. The number of carbonyl (C=O) groups is 2. The number of carboxylic acid groups (broad SMARTS) is 1. The molecule has 30 heavy (non-hydrogen) atoms. The molecule has 8 heteroatoms. The second-order valence-corrected chi connectivity index (χ2v) is 8.25. The Labute approximate surface area is 184 Å². The van der Waals surface area contributed by atoms with Crippen molar-refractivity contribution < 1.29 is 19.4 Å². The van der Waals surface area contributed by atoms with Crippen LogP contribution < -0.4 is 10.1 Å². The van der Waals surface area contributed by atoms with Crippen molar-refractivity contribution >= 4 is 27.8 Å². The first-order valence-corrected chi connectivity index (χ1v) is 10.8. The van der Waals surface area contributed by atoms with Crippen LogP contribution in [0.15, 0.2) is 47.2 Å². The maximum Gasteiger partial charge on any atom is 0.323 e. The van der Waals surface area contributed by atoms with Gasteiger partial charge in [-0.25, -0.2) is 4.98 Å². The molecule has 0 radical (unpaired) electrons. The van der Waals surface area contributed by atoms with E-state index in [2.05, 4.69) is 26.2 Å². The summed E-state index contributed by atoms with van der Waals surface area (Å²) in [4.78, 5) is 30.4. The molecule has 1 saturated heterocycles. The summed E-state index contributed by atoms with van der Waals surface area (Å²) < 4.78 is 6.49. The van der Waals surface area contributed by atoms with Gasteiger partial charge in [-0.2, -0.15) is 0 Å². The maximum atomic E-state index is 12.6. The van der Waals surface area contributed by atoms with Crippen LogP contribution in [0.1, 0.15) is 42.1 Å². The van der Waals surface area contributed by atoms with Crippen molar-refractivity contribution in [2.45, 2.75) is 44.9 Å².